The van der Waals surface area contributed by atoms with Crippen LogP contribution < -0.4 is 5.43 Å². The van der Waals surface area contributed by atoms with Crippen LogP contribution >= 0.6 is 0 Å². The van der Waals surface area contributed by atoms with Crippen LogP contribution in [0, 0.1) is 0 Å². The molecule has 83 valence electrons. The van der Waals surface area contributed by atoms with E-state index in [1.165, 1.54) is 37.7 Å². The fourth-order valence-corrected chi connectivity index (χ4v) is 2.92. The first kappa shape index (κ1) is 9.82. The van der Waals surface area contributed by atoms with Crippen LogP contribution in [0.3, 0.4) is 0 Å². The van der Waals surface area contributed by atoms with E-state index in [1.807, 2.05) is 6.07 Å². The second-order valence-electron chi connectivity index (χ2n) is 5.08. The summed E-state index contributed by atoms with van der Waals surface area (Å²) in [5.74, 6) is 0. The average molecular weight is 214 g/mol. The maximum Gasteiger partial charge on any atom is 0.119 e. The lowest BCUT2D eigenvalue weighted by atomic mass is 9.70. The smallest absolute Gasteiger partial charge is 0.119 e. The topological polar surface area (TPSA) is 38.8 Å². The molecule has 1 heterocycles. The van der Waals surface area contributed by atoms with E-state index in [0.717, 1.165) is 11.4 Å². The number of hydrogen-bond donors (Lipinski definition) is 0. The van der Waals surface area contributed by atoms with E-state index in [2.05, 4.69) is 34.8 Å². The average Bonchev–Trinajstić information content (AvgIpc) is 2.77. The zero-order valence-corrected chi connectivity index (χ0v) is 9.61. The molecule has 1 aliphatic heterocycles. The molecule has 1 aliphatic carbocycles. The molecule has 0 amide bonds. The van der Waals surface area contributed by atoms with Crippen molar-refractivity contribution in [2.75, 3.05) is 0 Å². The maximum atomic E-state index is 4.18. The molecule has 1 aromatic rings. The highest BCUT2D eigenvalue weighted by atomic mass is 15.5. The Balaban J connectivity index is 2.05. The van der Waals surface area contributed by atoms with Gasteiger partial charge in [0, 0.05) is 0 Å². The van der Waals surface area contributed by atoms with Crippen molar-refractivity contribution in [1.29, 1.82) is 0 Å². The summed E-state index contributed by atoms with van der Waals surface area (Å²) >= 11 is 0. The van der Waals surface area contributed by atoms with Crippen LogP contribution in [0.2, 0.25) is 0 Å². The van der Waals surface area contributed by atoms with Crippen LogP contribution in [0.5, 0.6) is 0 Å². The summed E-state index contributed by atoms with van der Waals surface area (Å²) in [5, 5.41) is 7.97. The Morgan fingerprint density at radius 2 is 1.94 bits per heavy atom. The molecule has 3 nitrogen and oxygen atoms in total. The zero-order chi connectivity index (χ0) is 11.0. The van der Waals surface area contributed by atoms with E-state index in [4.69, 9.17) is 0 Å². The Hall–Kier alpha value is -1.38. The van der Waals surface area contributed by atoms with Crippen molar-refractivity contribution in [1.82, 2.24) is 5.43 Å². The van der Waals surface area contributed by atoms with Crippen LogP contribution in [-0.2, 0) is 5.41 Å². The number of benzene rings is 1. The molecule has 0 atom stereocenters. The minimum absolute atomic E-state index is 0.280. The Morgan fingerprint density at radius 1 is 1.12 bits per heavy atom. The third-order valence-electron chi connectivity index (χ3n) is 3.92. The molecular weight excluding hydrogens is 198 g/mol. The van der Waals surface area contributed by atoms with Gasteiger partial charge >= 0.3 is 0 Å². The molecule has 1 saturated carbocycles. The minimum Gasteiger partial charge on any atom is -0.128 e. The quantitative estimate of drug-likeness (QED) is 0.673. The molecule has 0 aromatic heterocycles. The van der Waals surface area contributed by atoms with Gasteiger partial charge in [-0.1, -0.05) is 38.3 Å². The number of nitrogens with zero attached hydrogens (tertiary/aromatic N) is 3. The Morgan fingerprint density at radius 3 is 2.75 bits per heavy atom. The van der Waals surface area contributed by atoms with Gasteiger partial charge in [-0.15, -0.1) is 10.5 Å². The Bertz CT molecular complexity index is 431. The summed E-state index contributed by atoms with van der Waals surface area (Å²) in [6.07, 6.45) is 6.55. The molecule has 0 N–H and O–H groups in total. The van der Waals surface area contributed by atoms with Crippen LogP contribution in [0.15, 0.2) is 28.5 Å². The van der Waals surface area contributed by atoms with Gasteiger partial charge in [-0.25, -0.2) is 0 Å². The van der Waals surface area contributed by atoms with E-state index in [-0.39, 0.29) is 5.41 Å². The van der Waals surface area contributed by atoms with Crippen LogP contribution in [0.25, 0.3) is 0 Å². The molecular formula is C13H16N3. The Labute approximate surface area is 95.9 Å². The normalized spacial score (nSPS) is 21.6. The van der Waals surface area contributed by atoms with Crippen molar-refractivity contribution >= 4 is 11.4 Å². The summed E-state index contributed by atoms with van der Waals surface area (Å²) < 4.78 is 0. The van der Waals surface area contributed by atoms with Gasteiger partial charge < -0.3 is 0 Å². The predicted octanol–water partition coefficient (Wildman–Crippen LogP) is 4.16. The molecule has 3 rings (SSSR count). The van der Waals surface area contributed by atoms with Gasteiger partial charge in [-0.05, 0) is 35.1 Å². The monoisotopic (exact) mass is 214 g/mol. The van der Waals surface area contributed by atoms with Gasteiger partial charge in [0.15, 0.2) is 0 Å². The Kier molecular flexibility index (Phi) is 2.20. The second-order valence-corrected chi connectivity index (χ2v) is 5.08. The van der Waals surface area contributed by atoms with Gasteiger partial charge in [0.1, 0.15) is 11.4 Å². The molecule has 0 unspecified atom stereocenters. The summed E-state index contributed by atoms with van der Waals surface area (Å²) in [6, 6.07) is 6.27. The molecule has 0 spiro atoms. The lowest BCUT2D eigenvalue weighted by molar-refractivity contribution is 0.320. The lowest BCUT2D eigenvalue weighted by Crippen LogP contribution is -2.25. The standard InChI is InChI=1S/C13H16N3/c1-13(8-3-2-4-9-13)10-6-5-7-11-12(10)15-16-14-11/h5-7H,2-4,8-9H2,1H3. The molecule has 2 aliphatic rings. The predicted molar refractivity (Wildman–Crippen MR) is 63.2 cm³/mol. The number of rotatable bonds is 1. The first-order valence-electron chi connectivity index (χ1n) is 6.05. The van der Waals surface area contributed by atoms with Crippen molar-refractivity contribution < 1.29 is 0 Å². The van der Waals surface area contributed by atoms with Gasteiger partial charge in [0.05, 0.1) is 0 Å². The van der Waals surface area contributed by atoms with Gasteiger partial charge in [0.25, 0.3) is 0 Å². The van der Waals surface area contributed by atoms with Crippen molar-refractivity contribution in [3.05, 3.63) is 23.8 Å². The number of fused-ring (bicyclic) bond motifs is 1. The van der Waals surface area contributed by atoms with Crippen molar-refractivity contribution in [2.24, 2.45) is 10.3 Å². The summed E-state index contributed by atoms with van der Waals surface area (Å²) in [7, 11) is 0. The summed E-state index contributed by atoms with van der Waals surface area (Å²) in [6.45, 7) is 2.36. The zero-order valence-electron chi connectivity index (χ0n) is 9.61. The third kappa shape index (κ3) is 1.42. The van der Waals surface area contributed by atoms with Gasteiger partial charge in [-0.2, -0.15) is 0 Å². The molecule has 1 fully saturated rings. The fraction of sp³-hybridized carbons (Fsp3) is 0.538. The molecule has 16 heavy (non-hydrogen) atoms. The van der Waals surface area contributed by atoms with Crippen LogP contribution in [0.4, 0.5) is 11.4 Å². The van der Waals surface area contributed by atoms with E-state index in [9.17, 15) is 0 Å². The SMILES string of the molecule is CC1(c2cccc3c2N=N[N]3)CCCCC1. The molecule has 0 saturated heterocycles. The second kappa shape index (κ2) is 3.58. The number of hydrogen-bond acceptors (Lipinski definition) is 2. The third-order valence-corrected chi connectivity index (χ3v) is 3.92. The maximum absolute atomic E-state index is 4.18. The minimum atomic E-state index is 0.280. The lowest BCUT2D eigenvalue weighted by Gasteiger charge is -2.34. The van der Waals surface area contributed by atoms with E-state index < -0.39 is 0 Å². The highest BCUT2D eigenvalue weighted by molar-refractivity contribution is 5.68. The molecule has 0 bridgehead atoms. The first-order valence-corrected chi connectivity index (χ1v) is 6.05. The highest BCUT2D eigenvalue weighted by Crippen LogP contribution is 2.46. The molecule has 1 radical (unpaired) electrons. The van der Waals surface area contributed by atoms with Gasteiger partial charge in [0.2, 0.25) is 0 Å². The fourth-order valence-electron chi connectivity index (χ4n) is 2.92. The van der Waals surface area contributed by atoms with Gasteiger partial charge in [-0.3, -0.25) is 0 Å². The van der Waals surface area contributed by atoms with Crippen LogP contribution in [0.1, 0.15) is 44.6 Å². The van der Waals surface area contributed by atoms with E-state index in [0.29, 0.717) is 0 Å². The summed E-state index contributed by atoms with van der Waals surface area (Å²) in [5.41, 5.74) is 7.61. The largest absolute Gasteiger partial charge is 0.128 e. The first-order chi connectivity index (χ1) is 7.80. The highest BCUT2D eigenvalue weighted by Gasteiger charge is 2.32. The van der Waals surface area contributed by atoms with Crippen molar-refractivity contribution in [3.63, 3.8) is 0 Å². The summed E-state index contributed by atoms with van der Waals surface area (Å²) in [4.78, 5) is 0. The van der Waals surface area contributed by atoms with E-state index >= 15 is 0 Å². The molecule has 1 aromatic carbocycles. The van der Waals surface area contributed by atoms with E-state index in [1.54, 1.807) is 0 Å². The van der Waals surface area contributed by atoms with Crippen molar-refractivity contribution in [3.8, 4) is 0 Å². The van der Waals surface area contributed by atoms with Crippen molar-refractivity contribution in [2.45, 2.75) is 44.4 Å². The molecule has 3 heteroatoms. The van der Waals surface area contributed by atoms with Crippen LogP contribution in [-0.4, -0.2) is 0 Å².